The average Bonchev–Trinajstić information content (AvgIpc) is 2.80. The van der Waals surface area contributed by atoms with Crippen molar-refractivity contribution in [1.82, 2.24) is 9.55 Å². The van der Waals surface area contributed by atoms with Gasteiger partial charge < -0.3 is 9.88 Å². The molecule has 0 fully saturated rings. The quantitative estimate of drug-likeness (QED) is 0.849. The molecule has 1 aliphatic carbocycles. The van der Waals surface area contributed by atoms with Gasteiger partial charge in [0.2, 0.25) is 5.95 Å². The molecule has 0 saturated heterocycles. The van der Waals surface area contributed by atoms with Gasteiger partial charge in [-0.2, -0.15) is 0 Å². The van der Waals surface area contributed by atoms with Crippen LogP contribution in [0.1, 0.15) is 29.7 Å². The van der Waals surface area contributed by atoms with Crippen molar-refractivity contribution < 1.29 is 0 Å². The SMILES string of the molecule is C=CCn1cc(C)nc1Nc1cccc2c1CCCC2. The van der Waals surface area contributed by atoms with Crippen LogP contribution >= 0.6 is 0 Å². The highest BCUT2D eigenvalue weighted by Gasteiger charge is 2.14. The lowest BCUT2D eigenvalue weighted by molar-refractivity contribution is 0.686. The zero-order valence-corrected chi connectivity index (χ0v) is 12.0. The summed E-state index contributed by atoms with van der Waals surface area (Å²) in [6.07, 6.45) is 8.91. The molecule has 0 unspecified atom stereocenters. The van der Waals surface area contributed by atoms with Crippen LogP contribution in [-0.4, -0.2) is 9.55 Å². The number of rotatable bonds is 4. The summed E-state index contributed by atoms with van der Waals surface area (Å²) in [5.74, 6) is 0.904. The molecule has 104 valence electrons. The van der Waals surface area contributed by atoms with Gasteiger partial charge >= 0.3 is 0 Å². The molecule has 0 spiro atoms. The van der Waals surface area contributed by atoms with Gasteiger partial charge in [-0.15, -0.1) is 6.58 Å². The number of anilines is 2. The van der Waals surface area contributed by atoms with Crippen molar-refractivity contribution in [2.75, 3.05) is 5.32 Å². The van der Waals surface area contributed by atoms with Crippen molar-refractivity contribution in [1.29, 1.82) is 0 Å². The van der Waals surface area contributed by atoms with Crippen LogP contribution in [0.15, 0.2) is 37.1 Å². The highest BCUT2D eigenvalue weighted by atomic mass is 15.2. The Balaban J connectivity index is 1.93. The summed E-state index contributed by atoms with van der Waals surface area (Å²) in [5, 5.41) is 3.51. The van der Waals surface area contributed by atoms with E-state index in [0.717, 1.165) is 18.2 Å². The summed E-state index contributed by atoms with van der Waals surface area (Å²) < 4.78 is 2.10. The van der Waals surface area contributed by atoms with Gasteiger partial charge in [0, 0.05) is 18.4 Å². The zero-order valence-electron chi connectivity index (χ0n) is 12.0. The van der Waals surface area contributed by atoms with Crippen molar-refractivity contribution in [2.45, 2.75) is 39.2 Å². The summed E-state index contributed by atoms with van der Waals surface area (Å²) >= 11 is 0. The molecule has 3 nitrogen and oxygen atoms in total. The maximum absolute atomic E-state index is 4.58. The lowest BCUT2D eigenvalue weighted by Gasteiger charge is -2.20. The Kier molecular flexibility index (Phi) is 3.59. The smallest absolute Gasteiger partial charge is 0.207 e. The minimum atomic E-state index is 0.776. The fourth-order valence-corrected chi connectivity index (χ4v) is 2.94. The minimum Gasteiger partial charge on any atom is -0.325 e. The van der Waals surface area contributed by atoms with Gasteiger partial charge in [-0.25, -0.2) is 4.98 Å². The number of hydrogen-bond donors (Lipinski definition) is 1. The average molecular weight is 267 g/mol. The number of aryl methyl sites for hydroxylation is 2. The molecule has 0 saturated carbocycles. The first-order chi connectivity index (χ1) is 9.78. The lowest BCUT2D eigenvalue weighted by atomic mass is 9.90. The zero-order chi connectivity index (χ0) is 13.9. The number of imidazole rings is 1. The van der Waals surface area contributed by atoms with Crippen LogP contribution < -0.4 is 5.32 Å². The Morgan fingerprint density at radius 1 is 1.35 bits per heavy atom. The first-order valence-electron chi connectivity index (χ1n) is 7.30. The third-order valence-electron chi connectivity index (χ3n) is 3.87. The topological polar surface area (TPSA) is 29.9 Å². The fraction of sp³-hybridized carbons (Fsp3) is 0.353. The molecule has 1 N–H and O–H groups in total. The second-order valence-corrected chi connectivity index (χ2v) is 5.42. The van der Waals surface area contributed by atoms with Crippen LogP contribution in [0.4, 0.5) is 11.6 Å². The number of benzene rings is 1. The molecular weight excluding hydrogens is 246 g/mol. The lowest BCUT2D eigenvalue weighted by Crippen LogP contribution is -2.08. The summed E-state index contributed by atoms with van der Waals surface area (Å²) in [6.45, 7) is 6.60. The molecule has 0 atom stereocenters. The third kappa shape index (κ3) is 2.48. The highest BCUT2D eigenvalue weighted by molar-refractivity contribution is 5.62. The molecule has 3 heteroatoms. The first kappa shape index (κ1) is 13.0. The summed E-state index contributed by atoms with van der Waals surface area (Å²) in [6, 6.07) is 6.55. The van der Waals surface area contributed by atoms with Crippen LogP contribution in [0.2, 0.25) is 0 Å². The molecule has 1 aromatic heterocycles. The van der Waals surface area contributed by atoms with Gasteiger partial charge in [0.25, 0.3) is 0 Å². The van der Waals surface area contributed by atoms with E-state index in [4.69, 9.17) is 0 Å². The van der Waals surface area contributed by atoms with Crippen molar-refractivity contribution in [3.05, 3.63) is 53.9 Å². The van der Waals surface area contributed by atoms with Gasteiger partial charge in [0.05, 0.1) is 5.69 Å². The Hall–Kier alpha value is -2.03. The van der Waals surface area contributed by atoms with Crippen LogP contribution in [0.5, 0.6) is 0 Å². The number of fused-ring (bicyclic) bond motifs is 1. The van der Waals surface area contributed by atoms with Gasteiger partial charge in [-0.05, 0) is 49.8 Å². The van der Waals surface area contributed by atoms with E-state index in [1.54, 1.807) is 0 Å². The van der Waals surface area contributed by atoms with E-state index >= 15 is 0 Å². The van der Waals surface area contributed by atoms with E-state index in [1.807, 2.05) is 13.0 Å². The van der Waals surface area contributed by atoms with E-state index in [2.05, 4.69) is 45.8 Å². The molecule has 0 bridgehead atoms. The summed E-state index contributed by atoms with van der Waals surface area (Å²) in [4.78, 5) is 4.58. The third-order valence-corrected chi connectivity index (χ3v) is 3.87. The molecule has 20 heavy (non-hydrogen) atoms. The molecule has 1 aliphatic rings. The number of allylic oxidation sites excluding steroid dienone is 1. The Morgan fingerprint density at radius 3 is 3.05 bits per heavy atom. The minimum absolute atomic E-state index is 0.776. The van der Waals surface area contributed by atoms with Crippen LogP contribution in [0.3, 0.4) is 0 Å². The van der Waals surface area contributed by atoms with Gasteiger partial charge in [-0.3, -0.25) is 0 Å². The maximum atomic E-state index is 4.58. The van der Waals surface area contributed by atoms with Crippen LogP contribution in [0.25, 0.3) is 0 Å². The van der Waals surface area contributed by atoms with Gasteiger partial charge in [0.1, 0.15) is 0 Å². The molecule has 1 aromatic carbocycles. The summed E-state index contributed by atoms with van der Waals surface area (Å²) in [7, 11) is 0. The van der Waals surface area contributed by atoms with E-state index in [9.17, 15) is 0 Å². The second-order valence-electron chi connectivity index (χ2n) is 5.42. The first-order valence-corrected chi connectivity index (χ1v) is 7.30. The van der Waals surface area contributed by atoms with Crippen LogP contribution in [-0.2, 0) is 19.4 Å². The van der Waals surface area contributed by atoms with Crippen molar-refractivity contribution in [2.24, 2.45) is 0 Å². The van der Waals surface area contributed by atoms with E-state index in [1.165, 1.54) is 42.5 Å². The number of hydrogen-bond acceptors (Lipinski definition) is 2. The number of nitrogens with one attached hydrogen (secondary N) is 1. The molecule has 0 radical (unpaired) electrons. The second kappa shape index (κ2) is 5.53. The molecular formula is C17H21N3. The van der Waals surface area contributed by atoms with Gasteiger partial charge in [0.15, 0.2) is 0 Å². The predicted octanol–water partition coefficient (Wildman–Crippen LogP) is 4.00. The maximum Gasteiger partial charge on any atom is 0.207 e. The Bertz CT molecular complexity index is 625. The highest BCUT2D eigenvalue weighted by Crippen LogP contribution is 2.29. The Labute approximate surface area is 120 Å². The number of nitrogens with zero attached hydrogens (tertiary/aromatic N) is 2. The standard InChI is InChI=1S/C17H21N3/c1-3-11-20-12-13(2)18-17(20)19-16-10-6-8-14-7-4-5-9-15(14)16/h3,6,8,10,12H,1,4-5,7,9,11H2,2H3,(H,18,19). The number of aromatic nitrogens is 2. The molecule has 2 aromatic rings. The molecule has 0 aliphatic heterocycles. The van der Waals surface area contributed by atoms with Crippen molar-refractivity contribution >= 4 is 11.6 Å². The molecule has 0 amide bonds. The van der Waals surface area contributed by atoms with Gasteiger partial charge in [-0.1, -0.05) is 18.2 Å². The Morgan fingerprint density at radius 2 is 2.20 bits per heavy atom. The monoisotopic (exact) mass is 267 g/mol. The largest absolute Gasteiger partial charge is 0.325 e. The van der Waals surface area contributed by atoms with Crippen molar-refractivity contribution in [3.8, 4) is 0 Å². The van der Waals surface area contributed by atoms with Crippen LogP contribution in [0, 0.1) is 6.92 Å². The van der Waals surface area contributed by atoms with E-state index < -0.39 is 0 Å². The fourth-order valence-electron chi connectivity index (χ4n) is 2.94. The molecule has 3 rings (SSSR count). The van der Waals surface area contributed by atoms with Crippen molar-refractivity contribution in [3.63, 3.8) is 0 Å². The predicted molar refractivity (Wildman–Crippen MR) is 83.5 cm³/mol. The van der Waals surface area contributed by atoms with E-state index in [-0.39, 0.29) is 0 Å². The summed E-state index contributed by atoms with van der Waals surface area (Å²) in [5.41, 5.74) is 5.18. The van der Waals surface area contributed by atoms with E-state index in [0.29, 0.717) is 0 Å². The molecule has 1 heterocycles. The normalized spacial score (nSPS) is 13.8.